The lowest BCUT2D eigenvalue weighted by molar-refractivity contribution is 0.102. The Kier molecular flexibility index (Phi) is 6.69. The highest BCUT2D eigenvalue weighted by Gasteiger charge is 2.18. The number of methoxy groups -OCH3 is 3. The van der Waals surface area contributed by atoms with E-state index in [9.17, 15) is 4.79 Å². The van der Waals surface area contributed by atoms with E-state index in [0.717, 1.165) is 25.8 Å². The average Bonchev–Trinajstić information content (AvgIpc) is 2.83. The number of carbonyl (C=O) groups is 1. The number of hydrogen-bond donors (Lipinski definition) is 1. The van der Waals surface area contributed by atoms with Crippen LogP contribution < -0.4 is 19.5 Å². The normalized spacial score (nSPS) is 10.7. The van der Waals surface area contributed by atoms with Gasteiger partial charge in [-0.15, -0.1) is 0 Å². The largest absolute Gasteiger partial charge is 0.493 e. The number of pyridine rings is 1. The fraction of sp³-hybridized carbons (Fsp3) is 0.154. The van der Waals surface area contributed by atoms with Crippen LogP contribution in [0.1, 0.15) is 15.9 Å². The Hall–Kier alpha value is -3.33. The van der Waals surface area contributed by atoms with E-state index in [1.54, 1.807) is 27.4 Å². The summed E-state index contributed by atoms with van der Waals surface area (Å²) in [5, 5.41) is 3.82. The van der Waals surface area contributed by atoms with Crippen molar-refractivity contribution in [1.29, 1.82) is 0 Å². The van der Waals surface area contributed by atoms with Crippen molar-refractivity contribution in [3.8, 4) is 28.5 Å². The first-order valence-electron chi connectivity index (χ1n) is 10.2. The van der Waals surface area contributed by atoms with Gasteiger partial charge in [0.2, 0.25) is 5.75 Å². The zero-order chi connectivity index (χ0) is 23.5. The minimum atomic E-state index is -0.202. The van der Waals surface area contributed by atoms with Crippen LogP contribution in [0.4, 0.5) is 5.69 Å². The highest BCUT2D eigenvalue weighted by Crippen LogP contribution is 2.41. The molecular formula is C26H23IN2O4. The molecule has 0 saturated carbocycles. The third-order valence-corrected chi connectivity index (χ3v) is 6.03. The zero-order valence-electron chi connectivity index (χ0n) is 18.7. The fourth-order valence-corrected chi connectivity index (χ4v) is 4.34. The number of rotatable bonds is 6. The summed E-state index contributed by atoms with van der Waals surface area (Å²) in [6.07, 6.45) is 0. The van der Waals surface area contributed by atoms with Crippen LogP contribution in [0.5, 0.6) is 17.2 Å². The van der Waals surface area contributed by atoms with E-state index in [-0.39, 0.29) is 5.91 Å². The SMILES string of the molecule is COc1cc(-c2cc(C(=O)Nc3ccc(I)cc3C)c3ccccc3n2)cc(OC)c1OC. The number of nitrogens with zero attached hydrogens (tertiary/aromatic N) is 1. The Labute approximate surface area is 206 Å². The molecule has 6 nitrogen and oxygen atoms in total. The smallest absolute Gasteiger partial charge is 0.256 e. The molecule has 0 atom stereocenters. The molecule has 0 spiro atoms. The zero-order valence-corrected chi connectivity index (χ0v) is 20.9. The van der Waals surface area contributed by atoms with Crippen molar-refractivity contribution in [3.05, 3.63) is 75.4 Å². The summed E-state index contributed by atoms with van der Waals surface area (Å²) in [6.45, 7) is 1.98. The number of halogens is 1. The second kappa shape index (κ2) is 9.66. The molecule has 0 fully saturated rings. The molecule has 1 aromatic heterocycles. The molecule has 0 unspecified atom stereocenters. The van der Waals surface area contributed by atoms with Crippen molar-refractivity contribution in [2.24, 2.45) is 0 Å². The fourth-order valence-electron chi connectivity index (χ4n) is 3.70. The molecule has 7 heteroatoms. The summed E-state index contributed by atoms with van der Waals surface area (Å²) in [4.78, 5) is 18.2. The van der Waals surface area contributed by atoms with Gasteiger partial charge < -0.3 is 19.5 Å². The Morgan fingerprint density at radius 1 is 0.909 bits per heavy atom. The van der Waals surface area contributed by atoms with E-state index in [1.807, 2.05) is 61.5 Å². The highest BCUT2D eigenvalue weighted by molar-refractivity contribution is 14.1. The first kappa shape index (κ1) is 22.8. The molecule has 1 amide bonds. The van der Waals surface area contributed by atoms with E-state index >= 15 is 0 Å². The Balaban J connectivity index is 1.85. The molecule has 0 saturated heterocycles. The van der Waals surface area contributed by atoms with Gasteiger partial charge in [0.15, 0.2) is 11.5 Å². The molecule has 1 heterocycles. The maximum Gasteiger partial charge on any atom is 0.256 e. The number of benzene rings is 3. The molecule has 0 aliphatic carbocycles. The van der Waals surface area contributed by atoms with Crippen LogP contribution in [-0.2, 0) is 0 Å². The summed E-state index contributed by atoms with van der Waals surface area (Å²) in [6, 6.07) is 18.9. The van der Waals surface area contributed by atoms with Gasteiger partial charge in [-0.1, -0.05) is 18.2 Å². The Morgan fingerprint density at radius 3 is 2.24 bits per heavy atom. The number of hydrogen-bond acceptors (Lipinski definition) is 5. The topological polar surface area (TPSA) is 69.7 Å². The molecular weight excluding hydrogens is 531 g/mol. The van der Waals surface area contributed by atoms with Crippen LogP contribution in [0.15, 0.2) is 60.7 Å². The molecule has 3 aromatic carbocycles. The minimum absolute atomic E-state index is 0.202. The van der Waals surface area contributed by atoms with Gasteiger partial charge in [0.25, 0.3) is 5.91 Å². The van der Waals surface area contributed by atoms with Crippen molar-refractivity contribution >= 4 is 45.1 Å². The van der Waals surface area contributed by atoms with E-state index < -0.39 is 0 Å². The average molecular weight is 554 g/mol. The first-order valence-corrected chi connectivity index (χ1v) is 11.3. The second-order valence-electron chi connectivity index (χ2n) is 7.40. The highest BCUT2D eigenvalue weighted by atomic mass is 127. The lowest BCUT2D eigenvalue weighted by Gasteiger charge is -2.15. The van der Waals surface area contributed by atoms with Crippen LogP contribution in [0.2, 0.25) is 0 Å². The lowest BCUT2D eigenvalue weighted by Crippen LogP contribution is -2.14. The van der Waals surface area contributed by atoms with Crippen LogP contribution in [0, 0.1) is 10.5 Å². The van der Waals surface area contributed by atoms with Crippen molar-refractivity contribution in [2.75, 3.05) is 26.6 Å². The summed E-state index contributed by atoms with van der Waals surface area (Å²) < 4.78 is 17.5. The number of anilines is 1. The van der Waals surface area contributed by atoms with Crippen molar-refractivity contribution < 1.29 is 19.0 Å². The summed E-state index contributed by atoms with van der Waals surface area (Å²) in [7, 11) is 4.69. The number of carbonyl (C=O) groups excluding carboxylic acids is 1. The minimum Gasteiger partial charge on any atom is -0.493 e. The number of ether oxygens (including phenoxy) is 3. The number of amides is 1. The molecule has 4 aromatic rings. The summed E-state index contributed by atoms with van der Waals surface area (Å²) >= 11 is 2.26. The van der Waals surface area contributed by atoms with Gasteiger partial charge in [0, 0.05) is 20.2 Å². The van der Waals surface area contributed by atoms with E-state index in [2.05, 4.69) is 27.9 Å². The first-order chi connectivity index (χ1) is 15.9. The van der Waals surface area contributed by atoms with Crippen LogP contribution in [0.3, 0.4) is 0 Å². The van der Waals surface area contributed by atoms with Crippen molar-refractivity contribution in [1.82, 2.24) is 4.98 Å². The third kappa shape index (κ3) is 4.59. The maximum absolute atomic E-state index is 13.4. The van der Waals surface area contributed by atoms with Crippen molar-refractivity contribution in [2.45, 2.75) is 6.92 Å². The molecule has 168 valence electrons. The lowest BCUT2D eigenvalue weighted by atomic mass is 10.0. The van der Waals surface area contributed by atoms with Crippen LogP contribution in [0.25, 0.3) is 22.2 Å². The van der Waals surface area contributed by atoms with Crippen LogP contribution in [-0.4, -0.2) is 32.2 Å². The van der Waals surface area contributed by atoms with Gasteiger partial charge in [0.1, 0.15) is 0 Å². The van der Waals surface area contributed by atoms with E-state index in [1.165, 1.54) is 0 Å². The Morgan fingerprint density at radius 2 is 1.61 bits per heavy atom. The molecule has 33 heavy (non-hydrogen) atoms. The Bertz CT molecular complexity index is 1330. The van der Waals surface area contributed by atoms with Gasteiger partial charge in [-0.3, -0.25) is 4.79 Å². The quantitative estimate of drug-likeness (QED) is 0.292. The monoisotopic (exact) mass is 554 g/mol. The molecule has 4 rings (SSSR count). The second-order valence-corrected chi connectivity index (χ2v) is 8.65. The molecule has 1 N–H and O–H groups in total. The van der Waals surface area contributed by atoms with Gasteiger partial charge >= 0.3 is 0 Å². The maximum atomic E-state index is 13.4. The number of aryl methyl sites for hydroxylation is 1. The van der Waals surface area contributed by atoms with Gasteiger partial charge in [-0.25, -0.2) is 4.98 Å². The molecule has 0 aliphatic rings. The molecule has 0 aliphatic heterocycles. The predicted octanol–water partition coefficient (Wildman–Crippen LogP) is 6.09. The molecule has 0 bridgehead atoms. The predicted molar refractivity (Wildman–Crippen MR) is 139 cm³/mol. The van der Waals surface area contributed by atoms with Crippen LogP contribution >= 0.6 is 22.6 Å². The van der Waals surface area contributed by atoms with Gasteiger partial charge in [-0.05, 0) is 77.5 Å². The number of fused-ring (bicyclic) bond motifs is 1. The molecule has 0 radical (unpaired) electrons. The van der Waals surface area contributed by atoms with Gasteiger partial charge in [-0.2, -0.15) is 0 Å². The third-order valence-electron chi connectivity index (χ3n) is 5.36. The number of aromatic nitrogens is 1. The number of para-hydroxylation sites is 1. The van der Waals surface area contributed by atoms with Crippen molar-refractivity contribution in [3.63, 3.8) is 0 Å². The standard InChI is InChI=1S/C26H23IN2O4/c1-15-11-17(27)9-10-20(15)29-26(30)19-14-22(28-21-8-6-5-7-18(19)21)16-12-23(31-2)25(33-4)24(13-16)32-3/h5-14H,1-4H3,(H,29,30). The summed E-state index contributed by atoms with van der Waals surface area (Å²) in [5.41, 5.74) is 4.39. The van der Waals surface area contributed by atoms with E-state index in [0.29, 0.717) is 34.0 Å². The summed E-state index contributed by atoms with van der Waals surface area (Å²) in [5.74, 6) is 1.33. The number of nitrogens with one attached hydrogen (secondary N) is 1. The van der Waals surface area contributed by atoms with Gasteiger partial charge in [0.05, 0.1) is 38.1 Å². The van der Waals surface area contributed by atoms with E-state index in [4.69, 9.17) is 19.2 Å².